The van der Waals surface area contributed by atoms with Crippen molar-refractivity contribution in [3.8, 4) is 11.8 Å². The summed E-state index contributed by atoms with van der Waals surface area (Å²) in [5.74, 6) is 1.75. The second kappa shape index (κ2) is 7.84. The summed E-state index contributed by atoms with van der Waals surface area (Å²) < 4.78 is 10.2. The number of rotatable bonds is 8. The maximum absolute atomic E-state index is 5.12. The molecule has 6 nitrogen and oxygen atoms in total. The van der Waals surface area contributed by atoms with E-state index in [2.05, 4.69) is 27.1 Å². The number of ether oxygens (including phenoxy) is 2. The number of likely N-dealkylation sites (N-methyl/N-ethyl adjacent to an activating group) is 2. The van der Waals surface area contributed by atoms with Crippen LogP contribution >= 0.6 is 0 Å². The monoisotopic (exact) mass is 254 g/mol. The molecule has 0 spiro atoms. The number of nitrogens with zero attached hydrogens (tertiary/aromatic N) is 3. The van der Waals surface area contributed by atoms with Gasteiger partial charge in [-0.1, -0.05) is 6.92 Å². The van der Waals surface area contributed by atoms with Gasteiger partial charge in [-0.05, 0) is 13.6 Å². The van der Waals surface area contributed by atoms with Crippen molar-refractivity contribution in [3.05, 3.63) is 11.9 Å². The van der Waals surface area contributed by atoms with Crippen LogP contribution < -0.4 is 14.8 Å². The molecule has 0 aliphatic rings. The van der Waals surface area contributed by atoms with Gasteiger partial charge in [0.1, 0.15) is 5.82 Å². The number of methoxy groups -OCH3 is 2. The molecule has 1 aromatic rings. The second-order valence-corrected chi connectivity index (χ2v) is 3.96. The summed E-state index contributed by atoms with van der Waals surface area (Å²) in [6, 6.07) is 1.67. The van der Waals surface area contributed by atoms with Crippen LogP contribution in [-0.4, -0.2) is 55.8 Å². The van der Waals surface area contributed by atoms with Gasteiger partial charge < -0.3 is 14.8 Å². The lowest BCUT2D eigenvalue weighted by Crippen LogP contribution is -2.29. The summed E-state index contributed by atoms with van der Waals surface area (Å²) in [5, 5.41) is 3.28. The SMILES string of the molecule is CCNCCN(C)Cc1nc(OC)cc(OC)n1. The largest absolute Gasteiger partial charge is 0.481 e. The Labute approximate surface area is 108 Å². The first-order valence-electron chi connectivity index (χ1n) is 6.04. The Morgan fingerprint density at radius 3 is 2.33 bits per heavy atom. The van der Waals surface area contributed by atoms with E-state index in [1.54, 1.807) is 20.3 Å². The van der Waals surface area contributed by atoms with Gasteiger partial charge in [0, 0.05) is 13.1 Å². The summed E-state index contributed by atoms with van der Waals surface area (Å²) in [6.45, 7) is 5.64. The first-order chi connectivity index (χ1) is 8.69. The predicted octanol–water partition coefficient (Wildman–Crippen LogP) is 0.535. The molecule has 0 atom stereocenters. The van der Waals surface area contributed by atoms with E-state index in [1.165, 1.54) is 0 Å². The Morgan fingerprint density at radius 1 is 1.22 bits per heavy atom. The molecule has 6 heteroatoms. The molecule has 18 heavy (non-hydrogen) atoms. The highest BCUT2D eigenvalue weighted by Crippen LogP contribution is 2.15. The predicted molar refractivity (Wildman–Crippen MR) is 70.0 cm³/mol. The minimum absolute atomic E-state index is 0.525. The number of aromatic nitrogens is 2. The Morgan fingerprint density at radius 2 is 1.83 bits per heavy atom. The average Bonchev–Trinajstić information content (AvgIpc) is 2.38. The van der Waals surface area contributed by atoms with Crippen molar-refractivity contribution in [2.75, 3.05) is 40.9 Å². The summed E-state index contributed by atoms with van der Waals surface area (Å²) in [5.41, 5.74) is 0. The van der Waals surface area contributed by atoms with Crippen molar-refractivity contribution in [3.63, 3.8) is 0 Å². The molecule has 0 radical (unpaired) electrons. The molecule has 1 aromatic heterocycles. The zero-order valence-electron chi connectivity index (χ0n) is 11.6. The molecular formula is C12H22N4O2. The van der Waals surface area contributed by atoms with E-state index in [4.69, 9.17) is 9.47 Å². The molecule has 1 heterocycles. The Bertz CT molecular complexity index is 338. The van der Waals surface area contributed by atoms with E-state index in [9.17, 15) is 0 Å². The van der Waals surface area contributed by atoms with Crippen molar-refractivity contribution in [2.45, 2.75) is 13.5 Å². The summed E-state index contributed by atoms with van der Waals surface area (Å²) >= 11 is 0. The van der Waals surface area contributed by atoms with Gasteiger partial charge in [-0.2, -0.15) is 9.97 Å². The lowest BCUT2D eigenvalue weighted by Gasteiger charge is -2.16. The molecule has 0 unspecified atom stereocenters. The third kappa shape index (κ3) is 4.85. The van der Waals surface area contributed by atoms with Crippen LogP contribution in [0.1, 0.15) is 12.7 Å². The molecule has 0 saturated carbocycles. The molecule has 0 fully saturated rings. The van der Waals surface area contributed by atoms with Gasteiger partial charge >= 0.3 is 0 Å². The fourth-order valence-corrected chi connectivity index (χ4v) is 1.50. The molecule has 0 saturated heterocycles. The Hall–Kier alpha value is -1.40. The smallest absolute Gasteiger partial charge is 0.220 e. The highest BCUT2D eigenvalue weighted by atomic mass is 16.5. The van der Waals surface area contributed by atoms with Gasteiger partial charge in [-0.15, -0.1) is 0 Å². The van der Waals surface area contributed by atoms with Gasteiger partial charge in [0.2, 0.25) is 11.8 Å². The summed E-state index contributed by atoms with van der Waals surface area (Å²) in [4.78, 5) is 10.7. The first-order valence-corrected chi connectivity index (χ1v) is 6.04. The van der Waals surface area contributed by atoms with Crippen LogP contribution in [0.15, 0.2) is 6.07 Å². The third-order valence-corrected chi connectivity index (χ3v) is 2.48. The molecule has 102 valence electrons. The van der Waals surface area contributed by atoms with E-state index < -0.39 is 0 Å². The molecule has 0 bridgehead atoms. The fraction of sp³-hybridized carbons (Fsp3) is 0.667. The zero-order valence-corrected chi connectivity index (χ0v) is 11.6. The minimum atomic E-state index is 0.525. The van der Waals surface area contributed by atoms with Crippen LogP contribution in [0, 0.1) is 0 Å². The third-order valence-electron chi connectivity index (χ3n) is 2.48. The zero-order chi connectivity index (χ0) is 13.4. The molecular weight excluding hydrogens is 232 g/mol. The first kappa shape index (κ1) is 14.7. The standard InChI is InChI=1S/C12H22N4O2/c1-5-13-6-7-16(2)9-10-14-11(17-3)8-12(15-10)18-4/h8,13H,5-7,9H2,1-4H3. The van der Waals surface area contributed by atoms with Crippen LogP contribution in [0.4, 0.5) is 0 Å². The van der Waals surface area contributed by atoms with E-state index in [0.717, 1.165) is 19.6 Å². The lowest BCUT2D eigenvalue weighted by molar-refractivity contribution is 0.308. The number of hydrogen-bond acceptors (Lipinski definition) is 6. The summed E-state index contributed by atoms with van der Waals surface area (Å²) in [7, 11) is 5.20. The van der Waals surface area contributed by atoms with Gasteiger partial charge in [0.25, 0.3) is 0 Å². The Balaban J connectivity index is 2.59. The van der Waals surface area contributed by atoms with Gasteiger partial charge in [-0.3, -0.25) is 4.90 Å². The van der Waals surface area contributed by atoms with Crippen LogP contribution in [0.5, 0.6) is 11.8 Å². The summed E-state index contributed by atoms with van der Waals surface area (Å²) in [6.07, 6.45) is 0. The lowest BCUT2D eigenvalue weighted by atomic mass is 10.4. The van der Waals surface area contributed by atoms with Crippen molar-refractivity contribution in [2.24, 2.45) is 0 Å². The highest BCUT2D eigenvalue weighted by molar-refractivity contribution is 5.20. The van der Waals surface area contributed by atoms with E-state index in [1.807, 2.05) is 7.05 Å². The second-order valence-electron chi connectivity index (χ2n) is 3.96. The average molecular weight is 254 g/mol. The molecule has 0 aromatic carbocycles. The van der Waals surface area contributed by atoms with Gasteiger partial charge in [-0.25, -0.2) is 0 Å². The van der Waals surface area contributed by atoms with Crippen molar-refractivity contribution >= 4 is 0 Å². The van der Waals surface area contributed by atoms with Crippen LogP contribution in [-0.2, 0) is 6.54 Å². The molecule has 0 aliphatic heterocycles. The van der Waals surface area contributed by atoms with Gasteiger partial charge in [0.05, 0.1) is 26.8 Å². The van der Waals surface area contributed by atoms with Crippen molar-refractivity contribution in [1.29, 1.82) is 0 Å². The topological polar surface area (TPSA) is 59.5 Å². The number of hydrogen-bond donors (Lipinski definition) is 1. The van der Waals surface area contributed by atoms with E-state index >= 15 is 0 Å². The minimum Gasteiger partial charge on any atom is -0.481 e. The Kier molecular flexibility index (Phi) is 6.38. The van der Waals surface area contributed by atoms with Crippen molar-refractivity contribution in [1.82, 2.24) is 20.2 Å². The maximum Gasteiger partial charge on any atom is 0.220 e. The highest BCUT2D eigenvalue weighted by Gasteiger charge is 2.07. The van der Waals surface area contributed by atoms with E-state index in [-0.39, 0.29) is 0 Å². The van der Waals surface area contributed by atoms with Crippen LogP contribution in [0.25, 0.3) is 0 Å². The van der Waals surface area contributed by atoms with E-state index in [0.29, 0.717) is 24.1 Å². The number of nitrogens with one attached hydrogen (secondary N) is 1. The quantitative estimate of drug-likeness (QED) is 0.683. The fourth-order valence-electron chi connectivity index (χ4n) is 1.50. The van der Waals surface area contributed by atoms with Crippen LogP contribution in [0.3, 0.4) is 0 Å². The maximum atomic E-state index is 5.12. The van der Waals surface area contributed by atoms with Crippen LogP contribution in [0.2, 0.25) is 0 Å². The normalized spacial score (nSPS) is 10.7. The van der Waals surface area contributed by atoms with Crippen molar-refractivity contribution < 1.29 is 9.47 Å². The molecule has 0 aliphatic carbocycles. The molecule has 0 amide bonds. The van der Waals surface area contributed by atoms with Gasteiger partial charge in [0.15, 0.2) is 0 Å². The molecule has 1 rings (SSSR count). The molecule has 1 N–H and O–H groups in total.